The summed E-state index contributed by atoms with van der Waals surface area (Å²) in [6, 6.07) is 13.5. The van der Waals surface area contributed by atoms with E-state index in [0.29, 0.717) is 17.0 Å². The van der Waals surface area contributed by atoms with Gasteiger partial charge < -0.3 is 5.11 Å². The maximum absolute atomic E-state index is 12.0. The number of carbonyl (C=O) groups excluding carboxylic acids is 1. The number of hydrogen-bond donors (Lipinski definition) is 2. The van der Waals surface area contributed by atoms with Gasteiger partial charge in [0.1, 0.15) is 5.75 Å². The molecule has 0 heterocycles. The summed E-state index contributed by atoms with van der Waals surface area (Å²) < 4.78 is 0. The zero-order valence-electron chi connectivity index (χ0n) is 11.5. The van der Waals surface area contributed by atoms with Crippen LogP contribution in [0.1, 0.15) is 29.3 Å². The number of phenols is 1. The van der Waals surface area contributed by atoms with E-state index < -0.39 is 0 Å². The van der Waals surface area contributed by atoms with Crippen LogP contribution in [-0.2, 0) is 0 Å². The summed E-state index contributed by atoms with van der Waals surface area (Å²) in [6.07, 6.45) is 0.646. The van der Waals surface area contributed by atoms with E-state index in [1.807, 2.05) is 6.92 Å². The maximum atomic E-state index is 12.0. The lowest BCUT2D eigenvalue weighted by Gasteiger charge is -2.06. The van der Waals surface area contributed by atoms with Crippen molar-refractivity contribution in [2.75, 3.05) is 0 Å². The Bertz CT molecular complexity index is 666. The van der Waals surface area contributed by atoms with Crippen LogP contribution in [0, 0.1) is 0 Å². The molecule has 0 bridgehead atoms. The number of carbonyl (C=O) groups is 1. The van der Waals surface area contributed by atoms with Gasteiger partial charge >= 0.3 is 0 Å². The number of nitrogens with one attached hydrogen (secondary N) is 1. The van der Waals surface area contributed by atoms with Gasteiger partial charge in [0.05, 0.1) is 16.3 Å². The van der Waals surface area contributed by atoms with Crippen molar-refractivity contribution in [3.8, 4) is 5.75 Å². The quantitative estimate of drug-likeness (QED) is 0.669. The normalized spacial score (nSPS) is 11.2. The molecule has 2 aromatic carbocycles. The molecular formula is C16H15ClN2O2. The second-order valence-corrected chi connectivity index (χ2v) is 4.79. The number of phenolic OH excluding ortho intramolecular Hbond substituents is 1. The lowest BCUT2D eigenvalue weighted by atomic mass is 10.1. The van der Waals surface area contributed by atoms with Crippen LogP contribution in [0.5, 0.6) is 5.75 Å². The summed E-state index contributed by atoms with van der Waals surface area (Å²) >= 11 is 5.97. The predicted molar refractivity (Wildman–Crippen MR) is 83.9 cm³/mol. The van der Waals surface area contributed by atoms with Crippen LogP contribution in [0.2, 0.25) is 5.02 Å². The Kier molecular flexibility index (Phi) is 4.95. The van der Waals surface area contributed by atoms with Crippen LogP contribution in [0.15, 0.2) is 53.6 Å². The number of rotatable bonds is 4. The van der Waals surface area contributed by atoms with E-state index in [-0.39, 0.29) is 11.7 Å². The highest BCUT2D eigenvalue weighted by Gasteiger charge is 2.09. The van der Waals surface area contributed by atoms with Crippen LogP contribution in [0.25, 0.3) is 0 Å². The first kappa shape index (κ1) is 15.1. The molecule has 0 saturated carbocycles. The van der Waals surface area contributed by atoms with Crippen molar-refractivity contribution in [3.05, 3.63) is 64.7 Å². The first-order valence-electron chi connectivity index (χ1n) is 6.52. The summed E-state index contributed by atoms with van der Waals surface area (Å²) in [5.41, 5.74) is 4.45. The molecule has 21 heavy (non-hydrogen) atoms. The third kappa shape index (κ3) is 3.83. The Labute approximate surface area is 128 Å². The molecule has 0 fully saturated rings. The van der Waals surface area contributed by atoms with E-state index in [0.717, 1.165) is 11.3 Å². The van der Waals surface area contributed by atoms with E-state index in [4.69, 9.17) is 11.6 Å². The first-order chi connectivity index (χ1) is 10.1. The molecule has 0 unspecified atom stereocenters. The summed E-state index contributed by atoms with van der Waals surface area (Å²) in [7, 11) is 0. The van der Waals surface area contributed by atoms with Crippen molar-refractivity contribution in [2.24, 2.45) is 5.10 Å². The van der Waals surface area contributed by atoms with Crippen LogP contribution in [-0.4, -0.2) is 16.7 Å². The molecule has 0 aromatic heterocycles. The number of hydrogen-bond acceptors (Lipinski definition) is 3. The molecule has 4 nitrogen and oxygen atoms in total. The summed E-state index contributed by atoms with van der Waals surface area (Å²) in [6.45, 7) is 1.94. The highest BCUT2D eigenvalue weighted by Crippen LogP contribution is 2.15. The molecule has 0 aliphatic carbocycles. The molecule has 2 N–H and O–H groups in total. The minimum Gasteiger partial charge on any atom is -0.508 e. The predicted octanol–water partition coefficient (Wildman–Crippen LogP) is 3.59. The summed E-state index contributed by atoms with van der Waals surface area (Å²) in [5.74, 6) is -0.167. The van der Waals surface area contributed by atoms with Gasteiger partial charge in [-0.25, -0.2) is 5.43 Å². The van der Waals surface area contributed by atoms with Gasteiger partial charge in [-0.2, -0.15) is 5.10 Å². The Balaban J connectivity index is 2.16. The molecule has 2 rings (SSSR count). The van der Waals surface area contributed by atoms with Gasteiger partial charge in [-0.1, -0.05) is 30.7 Å². The van der Waals surface area contributed by atoms with Crippen LogP contribution >= 0.6 is 11.6 Å². The molecule has 1 amide bonds. The third-order valence-electron chi connectivity index (χ3n) is 2.95. The Morgan fingerprint density at radius 1 is 1.19 bits per heavy atom. The zero-order valence-corrected chi connectivity index (χ0v) is 12.3. The second kappa shape index (κ2) is 6.90. The van der Waals surface area contributed by atoms with Gasteiger partial charge in [0.2, 0.25) is 0 Å². The van der Waals surface area contributed by atoms with E-state index in [1.54, 1.807) is 48.5 Å². The van der Waals surface area contributed by atoms with Crippen molar-refractivity contribution < 1.29 is 9.90 Å². The molecule has 0 saturated heterocycles. The number of benzene rings is 2. The number of halogens is 1. The molecule has 5 heteroatoms. The molecule has 0 radical (unpaired) electrons. The maximum Gasteiger partial charge on any atom is 0.272 e. The fraction of sp³-hybridized carbons (Fsp3) is 0.125. The highest BCUT2D eigenvalue weighted by molar-refractivity contribution is 6.33. The minimum absolute atomic E-state index is 0.189. The van der Waals surface area contributed by atoms with Gasteiger partial charge in [0.25, 0.3) is 5.91 Å². The van der Waals surface area contributed by atoms with Gasteiger partial charge in [-0.3, -0.25) is 4.79 Å². The lowest BCUT2D eigenvalue weighted by Crippen LogP contribution is -2.20. The Morgan fingerprint density at radius 2 is 1.86 bits per heavy atom. The first-order valence-corrected chi connectivity index (χ1v) is 6.90. The topological polar surface area (TPSA) is 61.7 Å². The molecular weight excluding hydrogens is 288 g/mol. The van der Waals surface area contributed by atoms with Crippen molar-refractivity contribution in [1.82, 2.24) is 5.43 Å². The summed E-state index contributed by atoms with van der Waals surface area (Å²) in [5, 5.41) is 13.8. The third-order valence-corrected chi connectivity index (χ3v) is 3.28. The smallest absolute Gasteiger partial charge is 0.272 e. The van der Waals surface area contributed by atoms with Gasteiger partial charge in [-0.15, -0.1) is 0 Å². The summed E-state index contributed by atoms with van der Waals surface area (Å²) in [4.78, 5) is 12.0. The van der Waals surface area contributed by atoms with E-state index >= 15 is 0 Å². The molecule has 108 valence electrons. The monoisotopic (exact) mass is 302 g/mol. The van der Waals surface area contributed by atoms with Crippen LogP contribution in [0.3, 0.4) is 0 Å². The molecule has 0 atom stereocenters. The van der Waals surface area contributed by atoms with E-state index in [9.17, 15) is 9.90 Å². The van der Waals surface area contributed by atoms with E-state index in [1.165, 1.54) is 0 Å². The molecule has 0 spiro atoms. The second-order valence-electron chi connectivity index (χ2n) is 4.38. The van der Waals surface area contributed by atoms with Crippen molar-refractivity contribution >= 4 is 23.2 Å². The number of hydrazone groups is 1. The van der Waals surface area contributed by atoms with Crippen molar-refractivity contribution in [1.29, 1.82) is 0 Å². The number of aromatic hydroxyl groups is 1. The van der Waals surface area contributed by atoms with Crippen molar-refractivity contribution in [3.63, 3.8) is 0 Å². The lowest BCUT2D eigenvalue weighted by molar-refractivity contribution is 0.0955. The largest absolute Gasteiger partial charge is 0.508 e. The number of amides is 1. The van der Waals surface area contributed by atoms with Gasteiger partial charge in [0.15, 0.2) is 0 Å². The van der Waals surface area contributed by atoms with Gasteiger partial charge in [0, 0.05) is 0 Å². The minimum atomic E-state index is -0.356. The highest BCUT2D eigenvalue weighted by atomic mass is 35.5. The Hall–Kier alpha value is -2.33. The molecule has 2 aromatic rings. The SMILES string of the molecule is CC/C(=N\NC(=O)c1ccccc1Cl)c1ccc(O)cc1. The average molecular weight is 303 g/mol. The fourth-order valence-corrected chi connectivity index (χ4v) is 2.05. The van der Waals surface area contributed by atoms with E-state index in [2.05, 4.69) is 10.5 Å². The standard InChI is InChI=1S/C16H15ClN2O2/c1-2-15(11-7-9-12(20)10-8-11)18-19-16(21)13-5-3-4-6-14(13)17/h3-10,20H,2H2,1H3,(H,19,21)/b18-15+. The van der Waals surface area contributed by atoms with Crippen LogP contribution < -0.4 is 5.43 Å². The Morgan fingerprint density at radius 3 is 2.48 bits per heavy atom. The molecule has 0 aliphatic heterocycles. The molecule has 0 aliphatic rings. The van der Waals surface area contributed by atoms with Crippen LogP contribution in [0.4, 0.5) is 0 Å². The number of nitrogens with zero attached hydrogens (tertiary/aromatic N) is 1. The van der Waals surface area contributed by atoms with Gasteiger partial charge in [-0.05, 0) is 48.4 Å². The fourth-order valence-electron chi connectivity index (χ4n) is 1.83. The van der Waals surface area contributed by atoms with Crippen molar-refractivity contribution in [2.45, 2.75) is 13.3 Å². The average Bonchev–Trinajstić information content (AvgIpc) is 2.49. The zero-order chi connectivity index (χ0) is 15.2.